The third-order valence-electron chi connectivity index (χ3n) is 5.69. The molecule has 0 radical (unpaired) electrons. The van der Waals surface area contributed by atoms with Crippen molar-refractivity contribution in [3.05, 3.63) is 86.2 Å². The Kier molecular flexibility index (Phi) is 5.71. The highest BCUT2D eigenvalue weighted by Crippen LogP contribution is 2.36. The molecule has 164 valence electrons. The lowest BCUT2D eigenvalue weighted by atomic mass is 9.83. The van der Waals surface area contributed by atoms with Crippen LogP contribution in [-0.4, -0.2) is 21.2 Å². The van der Waals surface area contributed by atoms with Crippen LogP contribution in [0.5, 0.6) is 5.88 Å². The van der Waals surface area contributed by atoms with Crippen molar-refractivity contribution < 1.29 is 14.7 Å². The number of nitriles is 1. The number of azo groups is 1. The van der Waals surface area contributed by atoms with Crippen molar-refractivity contribution in [2.24, 2.45) is 10.2 Å². The molecule has 3 aromatic rings. The van der Waals surface area contributed by atoms with Gasteiger partial charge in [-0.05, 0) is 19.4 Å². The van der Waals surface area contributed by atoms with Crippen molar-refractivity contribution in [1.82, 2.24) is 4.57 Å². The average molecular weight is 440 g/mol. The first-order valence-electron chi connectivity index (χ1n) is 10.5. The highest BCUT2D eigenvalue weighted by atomic mass is 16.3. The minimum atomic E-state index is -0.589. The van der Waals surface area contributed by atoms with Crippen LogP contribution >= 0.6 is 0 Å². The van der Waals surface area contributed by atoms with Gasteiger partial charge in [-0.1, -0.05) is 49.7 Å². The third-order valence-corrected chi connectivity index (χ3v) is 5.69. The van der Waals surface area contributed by atoms with Crippen LogP contribution in [0, 0.1) is 18.3 Å². The summed E-state index contributed by atoms with van der Waals surface area (Å²) in [6, 6.07) is 13.2. The zero-order valence-corrected chi connectivity index (χ0v) is 18.1. The number of hydrogen-bond donors (Lipinski definition) is 1. The molecule has 1 aliphatic rings. The monoisotopic (exact) mass is 440 g/mol. The summed E-state index contributed by atoms with van der Waals surface area (Å²) >= 11 is 0. The molecule has 0 bridgehead atoms. The van der Waals surface area contributed by atoms with Gasteiger partial charge in [-0.2, -0.15) is 5.26 Å². The normalized spacial score (nSPS) is 12.5. The highest BCUT2D eigenvalue weighted by molar-refractivity contribution is 6.29. The van der Waals surface area contributed by atoms with E-state index in [1.807, 2.05) is 13.0 Å². The van der Waals surface area contributed by atoms with Crippen molar-refractivity contribution in [1.29, 1.82) is 5.26 Å². The molecule has 0 amide bonds. The molecule has 0 spiro atoms. The van der Waals surface area contributed by atoms with Gasteiger partial charge in [-0.15, -0.1) is 10.2 Å². The first-order valence-corrected chi connectivity index (χ1v) is 10.5. The van der Waals surface area contributed by atoms with Gasteiger partial charge >= 0.3 is 0 Å². The van der Waals surface area contributed by atoms with E-state index >= 15 is 0 Å². The molecule has 1 N–H and O–H groups in total. The molecule has 1 aliphatic carbocycles. The van der Waals surface area contributed by atoms with Crippen LogP contribution in [0.25, 0.3) is 0 Å². The molecule has 33 heavy (non-hydrogen) atoms. The zero-order valence-electron chi connectivity index (χ0n) is 18.1. The summed E-state index contributed by atoms with van der Waals surface area (Å²) in [5.74, 6) is -1.02. The zero-order chi connectivity index (χ0) is 23.7. The predicted molar refractivity (Wildman–Crippen MR) is 121 cm³/mol. The number of fused-ring (bicyclic) bond motifs is 2. The fourth-order valence-corrected chi connectivity index (χ4v) is 3.89. The van der Waals surface area contributed by atoms with Crippen molar-refractivity contribution >= 4 is 22.9 Å². The van der Waals surface area contributed by atoms with Crippen LogP contribution in [-0.2, 0) is 6.54 Å². The van der Waals surface area contributed by atoms with Crippen molar-refractivity contribution in [3.63, 3.8) is 0 Å². The molecule has 0 atom stereocenters. The second-order valence-corrected chi connectivity index (χ2v) is 7.70. The number of nitrogens with zero attached hydrogens (tertiary/aromatic N) is 4. The second kappa shape index (κ2) is 8.63. The van der Waals surface area contributed by atoms with Crippen LogP contribution in [0.4, 0.5) is 11.4 Å². The van der Waals surface area contributed by atoms with Crippen LogP contribution in [0.1, 0.15) is 62.7 Å². The van der Waals surface area contributed by atoms with Gasteiger partial charge in [-0.3, -0.25) is 19.0 Å². The molecule has 8 nitrogen and oxygen atoms in total. The molecule has 8 heteroatoms. The van der Waals surface area contributed by atoms with Crippen LogP contribution in [0.3, 0.4) is 0 Å². The van der Waals surface area contributed by atoms with E-state index < -0.39 is 11.4 Å². The number of rotatable bonds is 5. The van der Waals surface area contributed by atoms with Crippen molar-refractivity contribution in [3.8, 4) is 11.9 Å². The van der Waals surface area contributed by atoms with E-state index in [-0.39, 0.29) is 57.3 Å². The smallest absolute Gasteiger partial charge is 0.271 e. The summed E-state index contributed by atoms with van der Waals surface area (Å²) in [6.45, 7) is 3.67. The number of unbranched alkanes of at least 4 members (excludes halogenated alkanes) is 1. The first-order chi connectivity index (χ1) is 15.9. The Bertz CT molecular complexity index is 1440. The van der Waals surface area contributed by atoms with E-state index in [0.29, 0.717) is 12.0 Å². The third kappa shape index (κ3) is 3.53. The Morgan fingerprint density at radius 3 is 2.30 bits per heavy atom. The molecule has 0 unspecified atom stereocenters. The van der Waals surface area contributed by atoms with Gasteiger partial charge in [0.15, 0.2) is 17.3 Å². The summed E-state index contributed by atoms with van der Waals surface area (Å²) in [7, 11) is 0. The van der Waals surface area contributed by atoms with Gasteiger partial charge in [0.25, 0.3) is 5.56 Å². The number of aromatic hydroxyl groups is 1. The van der Waals surface area contributed by atoms with E-state index in [1.54, 1.807) is 42.5 Å². The molecule has 4 rings (SSSR count). The maximum atomic E-state index is 13.1. The number of carbonyl (C=O) groups is 2. The van der Waals surface area contributed by atoms with Crippen molar-refractivity contribution in [2.75, 3.05) is 0 Å². The molecule has 2 aromatic carbocycles. The number of carbonyl (C=O) groups excluding carboxylic acids is 2. The summed E-state index contributed by atoms with van der Waals surface area (Å²) in [6.07, 6.45) is 1.41. The summed E-state index contributed by atoms with van der Waals surface area (Å²) < 4.78 is 1.11. The van der Waals surface area contributed by atoms with Crippen LogP contribution < -0.4 is 5.56 Å². The number of benzene rings is 2. The van der Waals surface area contributed by atoms with Crippen LogP contribution in [0.15, 0.2) is 57.5 Å². The number of pyridine rings is 1. The first kappa shape index (κ1) is 21.8. The maximum absolute atomic E-state index is 13.1. The molecular formula is C25H20N4O4. The fraction of sp³-hybridized carbons (Fsp3) is 0.200. The Balaban J connectivity index is 1.86. The summed E-state index contributed by atoms with van der Waals surface area (Å²) in [5.41, 5.74) is 0.565. The predicted octanol–water partition coefficient (Wildman–Crippen LogP) is 4.72. The Morgan fingerprint density at radius 2 is 1.64 bits per heavy atom. The quantitative estimate of drug-likeness (QED) is 0.449. The molecule has 0 saturated carbocycles. The van der Waals surface area contributed by atoms with Gasteiger partial charge in [0.1, 0.15) is 11.6 Å². The Morgan fingerprint density at radius 1 is 0.970 bits per heavy atom. The lowest BCUT2D eigenvalue weighted by Gasteiger charge is -2.18. The molecule has 0 aliphatic heterocycles. The minimum absolute atomic E-state index is 0.0326. The topological polar surface area (TPSA) is 125 Å². The largest absolute Gasteiger partial charge is 0.493 e. The lowest BCUT2D eigenvalue weighted by molar-refractivity contribution is 0.0979. The Labute approximate surface area is 189 Å². The van der Waals surface area contributed by atoms with Gasteiger partial charge < -0.3 is 5.11 Å². The standard InChI is InChI=1S/C25H20N4O4/c1-3-4-12-29-24(32)18(13-26)14(2)21(25(29)33)28-27-19-11-7-10-17-20(19)23(31)16-9-6-5-8-15(16)22(17)30/h5-11,33H,3-4,12H2,1-2H3/b28-27+. The number of aromatic nitrogens is 1. The summed E-state index contributed by atoms with van der Waals surface area (Å²) in [4.78, 5) is 38.6. The van der Waals surface area contributed by atoms with Crippen molar-refractivity contribution in [2.45, 2.75) is 33.2 Å². The van der Waals surface area contributed by atoms with E-state index in [0.717, 1.165) is 11.0 Å². The SMILES string of the molecule is CCCCn1c(O)c(/N=N/c2cccc3c2C(=O)c2ccccc2C3=O)c(C)c(C#N)c1=O. The van der Waals surface area contributed by atoms with Gasteiger partial charge in [0.05, 0.1) is 11.3 Å². The average Bonchev–Trinajstić information content (AvgIpc) is 2.82. The van der Waals surface area contributed by atoms with E-state index in [4.69, 9.17) is 0 Å². The van der Waals surface area contributed by atoms with Gasteiger partial charge in [0.2, 0.25) is 5.88 Å². The van der Waals surface area contributed by atoms with Gasteiger partial charge in [0, 0.05) is 28.8 Å². The van der Waals surface area contributed by atoms with Gasteiger partial charge in [-0.25, -0.2) is 0 Å². The second-order valence-electron chi connectivity index (χ2n) is 7.70. The highest BCUT2D eigenvalue weighted by Gasteiger charge is 2.31. The van der Waals surface area contributed by atoms with E-state index in [1.165, 1.54) is 6.92 Å². The molecule has 1 aromatic heterocycles. The molecule has 0 fully saturated rings. The molecule has 1 heterocycles. The number of ketones is 2. The molecular weight excluding hydrogens is 420 g/mol. The maximum Gasteiger partial charge on any atom is 0.271 e. The van der Waals surface area contributed by atoms with E-state index in [9.17, 15) is 24.8 Å². The van der Waals surface area contributed by atoms with Crippen LogP contribution in [0.2, 0.25) is 0 Å². The summed E-state index contributed by atoms with van der Waals surface area (Å²) in [5, 5.41) is 28.5. The Hall–Kier alpha value is -4.38. The minimum Gasteiger partial charge on any atom is -0.493 e. The molecule has 0 saturated heterocycles. The number of hydrogen-bond acceptors (Lipinski definition) is 7. The van der Waals surface area contributed by atoms with E-state index in [2.05, 4.69) is 10.2 Å². The fourth-order valence-electron chi connectivity index (χ4n) is 3.89. The lowest BCUT2D eigenvalue weighted by Crippen LogP contribution is -2.24.